The maximum atomic E-state index is 4.56. The zero-order valence-electron chi connectivity index (χ0n) is 13.6. The van der Waals surface area contributed by atoms with E-state index in [4.69, 9.17) is 0 Å². The molecular weight excluding hydrogens is 300 g/mol. The fourth-order valence-corrected chi connectivity index (χ4v) is 2.71. The highest BCUT2D eigenvalue weighted by Crippen LogP contribution is 2.14. The number of rotatable bonds is 3. The van der Waals surface area contributed by atoms with Crippen molar-refractivity contribution in [2.24, 2.45) is 14.1 Å². The smallest absolute Gasteiger partial charge is 0.128 e. The van der Waals surface area contributed by atoms with Crippen molar-refractivity contribution in [1.82, 2.24) is 19.8 Å². The van der Waals surface area contributed by atoms with Crippen LogP contribution in [0, 0.1) is 0 Å². The molecule has 6 heteroatoms. The fraction of sp³-hybridized carbons (Fsp3) is 0.111. The van der Waals surface area contributed by atoms with E-state index < -0.39 is 0 Å². The topological polar surface area (TPSA) is 43.4 Å². The molecule has 0 aliphatic rings. The van der Waals surface area contributed by atoms with Gasteiger partial charge in [0.05, 0.1) is 10.4 Å². The largest absolute Gasteiger partial charge is 0.243 e. The van der Waals surface area contributed by atoms with Crippen LogP contribution in [0.5, 0.6) is 0 Å². The Morgan fingerprint density at radius 2 is 1.00 bits per heavy atom. The van der Waals surface area contributed by atoms with Crippen molar-refractivity contribution in [2.45, 2.75) is 0 Å². The number of para-hydroxylation sites is 2. The standard InChI is InChI=1S/C18H18N6/c1-21-17(13-23(19-21)15-9-5-3-6-10-15)18-14-24(20-22(18)2)16-11-7-4-8-12-16/h3-14H,1-2H3/q+2. The van der Waals surface area contributed by atoms with Gasteiger partial charge in [-0.3, -0.25) is 0 Å². The van der Waals surface area contributed by atoms with Gasteiger partial charge in [0.1, 0.15) is 14.1 Å². The number of hydrogen-bond donors (Lipinski definition) is 0. The summed E-state index contributed by atoms with van der Waals surface area (Å²) in [5.41, 5.74) is 4.03. The molecule has 0 saturated heterocycles. The lowest BCUT2D eigenvalue weighted by Crippen LogP contribution is -2.39. The third kappa shape index (κ3) is 2.48. The van der Waals surface area contributed by atoms with Gasteiger partial charge in [-0.1, -0.05) is 36.4 Å². The summed E-state index contributed by atoms with van der Waals surface area (Å²) in [6.07, 6.45) is 4.03. The van der Waals surface area contributed by atoms with Gasteiger partial charge in [-0.25, -0.2) is 0 Å². The third-order valence-corrected chi connectivity index (χ3v) is 3.95. The highest BCUT2D eigenvalue weighted by atomic mass is 15.5. The van der Waals surface area contributed by atoms with Crippen LogP contribution in [-0.2, 0) is 14.1 Å². The molecule has 2 aromatic carbocycles. The number of aryl methyl sites for hydroxylation is 2. The molecule has 0 atom stereocenters. The van der Waals surface area contributed by atoms with E-state index >= 15 is 0 Å². The maximum absolute atomic E-state index is 4.56. The van der Waals surface area contributed by atoms with Gasteiger partial charge in [0, 0.05) is 0 Å². The lowest BCUT2D eigenvalue weighted by atomic mass is 10.3. The minimum atomic E-state index is 0.989. The first-order valence-electron chi connectivity index (χ1n) is 7.75. The Balaban J connectivity index is 1.78. The summed E-state index contributed by atoms with van der Waals surface area (Å²) in [6, 6.07) is 20.1. The Morgan fingerprint density at radius 1 is 0.625 bits per heavy atom. The molecule has 6 nitrogen and oxygen atoms in total. The molecule has 24 heavy (non-hydrogen) atoms. The van der Waals surface area contributed by atoms with Crippen molar-refractivity contribution >= 4 is 0 Å². The van der Waals surface area contributed by atoms with Crippen molar-refractivity contribution in [3.63, 3.8) is 0 Å². The average molecular weight is 318 g/mol. The van der Waals surface area contributed by atoms with Crippen LogP contribution in [0.25, 0.3) is 22.8 Å². The van der Waals surface area contributed by atoms with E-state index in [2.05, 4.69) is 10.4 Å². The molecule has 0 spiro atoms. The first-order valence-corrected chi connectivity index (χ1v) is 7.75. The fourth-order valence-electron chi connectivity index (χ4n) is 2.71. The van der Waals surface area contributed by atoms with E-state index in [0.29, 0.717) is 0 Å². The number of benzene rings is 2. The van der Waals surface area contributed by atoms with Crippen LogP contribution in [0.15, 0.2) is 73.1 Å². The molecule has 2 aromatic heterocycles. The van der Waals surface area contributed by atoms with Crippen LogP contribution in [0.4, 0.5) is 0 Å². The molecule has 0 unspecified atom stereocenters. The normalized spacial score (nSPS) is 10.9. The minimum Gasteiger partial charge on any atom is -0.128 e. The van der Waals surface area contributed by atoms with E-state index in [9.17, 15) is 0 Å². The van der Waals surface area contributed by atoms with Crippen molar-refractivity contribution in [3.8, 4) is 22.8 Å². The molecule has 0 fully saturated rings. The highest BCUT2D eigenvalue weighted by molar-refractivity contribution is 5.46. The highest BCUT2D eigenvalue weighted by Gasteiger charge is 2.25. The minimum absolute atomic E-state index is 0.989. The van der Waals surface area contributed by atoms with Crippen molar-refractivity contribution in [2.75, 3.05) is 0 Å². The molecule has 0 aliphatic carbocycles. The summed E-state index contributed by atoms with van der Waals surface area (Å²) in [4.78, 5) is 0. The monoisotopic (exact) mass is 318 g/mol. The second-order valence-corrected chi connectivity index (χ2v) is 5.62. The maximum Gasteiger partial charge on any atom is 0.243 e. The van der Waals surface area contributed by atoms with Gasteiger partial charge in [0.25, 0.3) is 0 Å². The molecule has 118 valence electrons. The van der Waals surface area contributed by atoms with E-state index in [0.717, 1.165) is 22.8 Å². The van der Waals surface area contributed by atoms with Crippen LogP contribution in [0.3, 0.4) is 0 Å². The van der Waals surface area contributed by atoms with Crippen LogP contribution in [0.1, 0.15) is 0 Å². The zero-order valence-corrected chi connectivity index (χ0v) is 13.6. The summed E-state index contributed by atoms with van der Waals surface area (Å²) in [6.45, 7) is 0. The average Bonchev–Trinajstić information content (AvgIpc) is 3.19. The van der Waals surface area contributed by atoms with Gasteiger partial charge >= 0.3 is 0 Å². The van der Waals surface area contributed by atoms with Gasteiger partial charge in [-0.15, -0.1) is 18.7 Å². The Morgan fingerprint density at radius 3 is 1.38 bits per heavy atom. The number of aromatic nitrogens is 6. The van der Waals surface area contributed by atoms with Crippen molar-refractivity contribution in [1.29, 1.82) is 0 Å². The quantitative estimate of drug-likeness (QED) is 0.536. The first-order chi connectivity index (χ1) is 11.7. The molecule has 0 radical (unpaired) electrons. The van der Waals surface area contributed by atoms with E-state index in [-0.39, 0.29) is 0 Å². The Hall–Kier alpha value is -3.28. The lowest BCUT2D eigenvalue weighted by Gasteiger charge is -1.89. The Kier molecular flexibility index (Phi) is 3.42. The molecule has 4 rings (SSSR count). The van der Waals surface area contributed by atoms with Crippen LogP contribution in [-0.4, -0.2) is 19.8 Å². The summed E-state index contributed by atoms with van der Waals surface area (Å²) < 4.78 is 7.46. The second-order valence-electron chi connectivity index (χ2n) is 5.62. The van der Waals surface area contributed by atoms with Crippen LogP contribution >= 0.6 is 0 Å². The summed E-state index contributed by atoms with van der Waals surface area (Å²) in [5.74, 6) is 0. The molecule has 2 heterocycles. The molecule has 0 aliphatic heterocycles. The molecule has 4 aromatic rings. The first kappa shape index (κ1) is 14.3. The van der Waals surface area contributed by atoms with E-state index in [1.807, 2.05) is 106 Å². The van der Waals surface area contributed by atoms with Gasteiger partial charge in [-0.05, 0) is 24.3 Å². The zero-order chi connectivity index (χ0) is 16.5. The van der Waals surface area contributed by atoms with Crippen LogP contribution in [0.2, 0.25) is 0 Å². The lowest BCUT2D eigenvalue weighted by molar-refractivity contribution is -0.748. The summed E-state index contributed by atoms with van der Waals surface area (Å²) in [7, 11) is 3.88. The molecule has 0 N–H and O–H groups in total. The predicted molar refractivity (Wildman–Crippen MR) is 88.5 cm³/mol. The van der Waals surface area contributed by atoms with E-state index in [1.54, 1.807) is 0 Å². The number of nitrogens with zero attached hydrogens (tertiary/aromatic N) is 6. The summed E-state index contributed by atoms with van der Waals surface area (Å²) in [5, 5.41) is 9.13. The molecule has 0 bridgehead atoms. The third-order valence-electron chi connectivity index (χ3n) is 3.95. The van der Waals surface area contributed by atoms with E-state index in [1.165, 1.54) is 0 Å². The number of hydrogen-bond acceptors (Lipinski definition) is 2. The van der Waals surface area contributed by atoms with Crippen LogP contribution < -0.4 is 9.36 Å². The summed E-state index contributed by atoms with van der Waals surface area (Å²) >= 11 is 0. The Bertz CT molecular complexity index is 888. The van der Waals surface area contributed by atoms with Gasteiger partial charge in [-0.2, -0.15) is 0 Å². The second kappa shape index (κ2) is 5.73. The predicted octanol–water partition coefficient (Wildman–Crippen LogP) is 1.37. The van der Waals surface area contributed by atoms with Crippen molar-refractivity contribution < 1.29 is 9.36 Å². The van der Waals surface area contributed by atoms with Gasteiger partial charge in [0.2, 0.25) is 11.4 Å². The van der Waals surface area contributed by atoms with Gasteiger partial charge in [0.15, 0.2) is 23.8 Å². The van der Waals surface area contributed by atoms with Gasteiger partial charge < -0.3 is 0 Å². The molecular formula is C18H18N6+2. The molecule has 0 amide bonds. The Labute approximate surface area is 139 Å². The molecule has 0 saturated carbocycles. The van der Waals surface area contributed by atoms with Crippen molar-refractivity contribution in [3.05, 3.63) is 73.1 Å². The SMILES string of the molecule is C[n+]1nn(-c2ccccc2)cc1-c1cn(-c2ccccc2)n[n+]1C.